The first-order valence-electron chi connectivity index (χ1n) is 9.69. The van der Waals surface area contributed by atoms with Gasteiger partial charge in [0, 0.05) is 5.02 Å². The van der Waals surface area contributed by atoms with Gasteiger partial charge in [-0.2, -0.15) is 13.2 Å². The summed E-state index contributed by atoms with van der Waals surface area (Å²) in [5.74, 6) is -1.80. The van der Waals surface area contributed by atoms with E-state index in [-0.39, 0.29) is 29.6 Å². The van der Waals surface area contributed by atoms with E-state index in [1.165, 1.54) is 23.9 Å². The van der Waals surface area contributed by atoms with Gasteiger partial charge in [0.2, 0.25) is 5.82 Å². The maximum Gasteiger partial charge on any atom is 0.452 e. The lowest BCUT2D eigenvalue weighted by Gasteiger charge is -2.22. The second kappa shape index (κ2) is 9.37. The lowest BCUT2D eigenvalue weighted by Crippen LogP contribution is -2.17. The van der Waals surface area contributed by atoms with E-state index in [0.717, 1.165) is 4.57 Å². The topological polar surface area (TPSA) is 57.0 Å². The Bertz CT molecular complexity index is 1220. The van der Waals surface area contributed by atoms with Crippen LogP contribution < -0.4 is 0 Å². The fourth-order valence-electron chi connectivity index (χ4n) is 3.64. The van der Waals surface area contributed by atoms with Gasteiger partial charge in [-0.25, -0.2) is 0 Å². The number of hydrogen-bond donors (Lipinski definition) is 0. The molecule has 1 aromatic heterocycles. The van der Waals surface area contributed by atoms with Crippen LogP contribution in [0, 0.1) is 0 Å². The smallest absolute Gasteiger partial charge is 0.452 e. The Labute approximate surface area is 206 Å². The number of rotatable bonds is 4. The van der Waals surface area contributed by atoms with Crippen LogP contribution in [0.2, 0.25) is 15.1 Å². The van der Waals surface area contributed by atoms with Crippen LogP contribution in [0.15, 0.2) is 36.4 Å². The lowest BCUT2D eigenvalue weighted by molar-refractivity contribution is -0.146. The predicted octanol–water partition coefficient (Wildman–Crippen LogP) is 7.08. The molecule has 2 heterocycles. The molecular formula is C21H15Cl3F3N3O2S. The van der Waals surface area contributed by atoms with Gasteiger partial charge in [-0.05, 0) is 42.3 Å². The molecule has 0 bridgehead atoms. The molecule has 0 saturated heterocycles. The number of carbonyl (C=O) groups excluding carboxylic acids is 1. The normalized spacial score (nSPS) is 17.8. The van der Waals surface area contributed by atoms with Crippen molar-refractivity contribution in [2.75, 3.05) is 6.61 Å². The number of benzene rings is 2. The summed E-state index contributed by atoms with van der Waals surface area (Å²) in [6, 6.07) is 9.56. The summed E-state index contributed by atoms with van der Waals surface area (Å²) >= 11 is 20.2. The third kappa shape index (κ3) is 4.69. The van der Waals surface area contributed by atoms with Crippen LogP contribution >= 0.6 is 46.6 Å². The molecule has 0 spiro atoms. The molecule has 2 atom stereocenters. The Morgan fingerprint density at radius 3 is 2.61 bits per heavy atom. The first-order chi connectivity index (χ1) is 15.6. The molecule has 2 aromatic carbocycles. The predicted molar refractivity (Wildman–Crippen MR) is 121 cm³/mol. The van der Waals surface area contributed by atoms with E-state index in [0.29, 0.717) is 21.2 Å². The first kappa shape index (κ1) is 24.2. The summed E-state index contributed by atoms with van der Waals surface area (Å²) in [6.07, 6.45) is -5.00. The lowest BCUT2D eigenvalue weighted by atomic mass is 10.0. The Kier molecular flexibility index (Phi) is 6.87. The fourth-order valence-corrected chi connectivity index (χ4v) is 5.81. The van der Waals surface area contributed by atoms with E-state index in [2.05, 4.69) is 10.2 Å². The van der Waals surface area contributed by atoms with E-state index in [1.54, 1.807) is 31.2 Å². The molecule has 0 aliphatic carbocycles. The van der Waals surface area contributed by atoms with E-state index < -0.39 is 28.5 Å². The van der Waals surface area contributed by atoms with E-state index in [1.807, 2.05) is 0 Å². The molecule has 12 heteroatoms. The third-order valence-electron chi connectivity index (χ3n) is 4.96. The summed E-state index contributed by atoms with van der Waals surface area (Å²) in [7, 11) is 0. The van der Waals surface area contributed by atoms with Gasteiger partial charge in [-0.3, -0.25) is 9.36 Å². The summed E-state index contributed by atoms with van der Waals surface area (Å²) in [5, 5.41) is 6.69. The maximum atomic E-state index is 13.9. The number of hydrogen-bond acceptors (Lipinski definition) is 5. The SMILES string of the molecule is CCOC(=O)C[C@H]1S[C@H](c2cccc(Cl)c2Cl)c2cc(Cl)ccc2-n2c1nnc2C(F)(F)F. The molecule has 33 heavy (non-hydrogen) atoms. The van der Waals surface area contributed by atoms with Gasteiger partial charge >= 0.3 is 12.1 Å². The zero-order chi connectivity index (χ0) is 23.9. The molecule has 0 saturated carbocycles. The monoisotopic (exact) mass is 535 g/mol. The fraction of sp³-hybridized carbons (Fsp3) is 0.286. The van der Waals surface area contributed by atoms with Gasteiger partial charge < -0.3 is 4.74 Å². The summed E-state index contributed by atoms with van der Waals surface area (Å²) in [5.41, 5.74) is 1.21. The maximum absolute atomic E-state index is 13.9. The number of halogens is 6. The number of carbonyl (C=O) groups is 1. The highest BCUT2D eigenvalue weighted by Gasteiger charge is 2.43. The minimum absolute atomic E-state index is 0.0235. The Morgan fingerprint density at radius 1 is 1.15 bits per heavy atom. The Morgan fingerprint density at radius 2 is 1.91 bits per heavy atom. The molecule has 3 aromatic rings. The average molecular weight is 537 g/mol. The summed E-state index contributed by atoms with van der Waals surface area (Å²) in [6.45, 7) is 1.78. The van der Waals surface area contributed by atoms with Crippen LogP contribution in [0.1, 0.15) is 46.6 Å². The van der Waals surface area contributed by atoms with Crippen molar-refractivity contribution in [3.8, 4) is 5.69 Å². The number of nitrogens with zero attached hydrogens (tertiary/aromatic N) is 3. The second-order valence-corrected chi connectivity index (χ2v) is 9.61. The van der Waals surface area contributed by atoms with Crippen molar-refractivity contribution in [2.45, 2.75) is 30.0 Å². The van der Waals surface area contributed by atoms with Gasteiger partial charge in [-0.1, -0.05) is 46.9 Å². The second-order valence-electron chi connectivity index (χ2n) is 7.08. The van der Waals surface area contributed by atoms with Crippen molar-refractivity contribution in [3.05, 3.63) is 74.2 Å². The van der Waals surface area contributed by atoms with Crippen LogP contribution in [-0.2, 0) is 15.7 Å². The highest BCUT2D eigenvalue weighted by Crippen LogP contribution is 2.53. The van der Waals surface area contributed by atoms with Crippen molar-refractivity contribution in [1.29, 1.82) is 0 Å². The van der Waals surface area contributed by atoms with Gasteiger partial charge in [0.15, 0.2) is 5.82 Å². The molecule has 0 fully saturated rings. The van der Waals surface area contributed by atoms with Crippen molar-refractivity contribution < 1.29 is 22.7 Å². The number of fused-ring (bicyclic) bond motifs is 3. The van der Waals surface area contributed by atoms with Crippen molar-refractivity contribution >= 4 is 52.5 Å². The van der Waals surface area contributed by atoms with Crippen LogP contribution in [0.25, 0.3) is 5.69 Å². The molecule has 4 rings (SSSR count). The standard InChI is InChI=1S/C21H15Cl3F3N3O2S/c1-2-32-16(31)9-15-19-28-29-20(21(25,26)27)30(19)14-7-6-10(22)8-12(14)18(33-15)11-4-3-5-13(23)17(11)24/h3-8,15,18H,2,9H2,1H3/t15-,18-/m1/s1. The van der Waals surface area contributed by atoms with Gasteiger partial charge in [-0.15, -0.1) is 22.0 Å². The van der Waals surface area contributed by atoms with Crippen LogP contribution in [-0.4, -0.2) is 27.3 Å². The molecule has 5 nitrogen and oxygen atoms in total. The minimum atomic E-state index is -4.78. The number of thioether (sulfide) groups is 1. The minimum Gasteiger partial charge on any atom is -0.466 e. The van der Waals surface area contributed by atoms with E-state index in [9.17, 15) is 18.0 Å². The van der Waals surface area contributed by atoms with Gasteiger partial charge in [0.25, 0.3) is 0 Å². The molecule has 1 aliphatic heterocycles. The molecule has 0 amide bonds. The van der Waals surface area contributed by atoms with Crippen molar-refractivity contribution in [2.24, 2.45) is 0 Å². The van der Waals surface area contributed by atoms with Crippen LogP contribution in [0.4, 0.5) is 13.2 Å². The van der Waals surface area contributed by atoms with E-state index in [4.69, 9.17) is 39.5 Å². The number of alkyl halides is 3. The zero-order valence-electron chi connectivity index (χ0n) is 16.9. The van der Waals surface area contributed by atoms with Crippen molar-refractivity contribution in [1.82, 2.24) is 14.8 Å². The van der Waals surface area contributed by atoms with Gasteiger partial charge in [0.05, 0.1) is 39.3 Å². The average Bonchev–Trinajstić information content (AvgIpc) is 3.14. The molecule has 0 unspecified atom stereocenters. The molecule has 174 valence electrons. The number of esters is 1. The van der Waals surface area contributed by atoms with Crippen LogP contribution in [0.5, 0.6) is 0 Å². The van der Waals surface area contributed by atoms with E-state index >= 15 is 0 Å². The molecule has 1 aliphatic rings. The third-order valence-corrected chi connectivity index (χ3v) is 7.52. The number of ether oxygens (including phenoxy) is 1. The highest BCUT2D eigenvalue weighted by molar-refractivity contribution is 8.00. The van der Waals surface area contributed by atoms with Crippen LogP contribution in [0.3, 0.4) is 0 Å². The first-order valence-corrected chi connectivity index (χ1v) is 11.8. The quantitative estimate of drug-likeness (QED) is 0.334. The summed E-state index contributed by atoms with van der Waals surface area (Å²) in [4.78, 5) is 12.3. The highest BCUT2D eigenvalue weighted by atomic mass is 35.5. The molecule has 0 radical (unpaired) electrons. The number of aromatic nitrogens is 3. The Hall–Kier alpha value is -1.94. The zero-order valence-corrected chi connectivity index (χ0v) is 20.0. The summed E-state index contributed by atoms with van der Waals surface area (Å²) < 4.78 is 47.6. The van der Waals surface area contributed by atoms with Crippen molar-refractivity contribution in [3.63, 3.8) is 0 Å². The molecular weight excluding hydrogens is 522 g/mol. The largest absolute Gasteiger partial charge is 0.466 e. The van der Waals surface area contributed by atoms with Gasteiger partial charge in [0.1, 0.15) is 0 Å². The Balaban J connectivity index is 1.99. The molecule has 0 N–H and O–H groups in total.